The minimum absolute atomic E-state index is 0.0978. The fourth-order valence-electron chi connectivity index (χ4n) is 2.27. The molecule has 1 aliphatic rings. The predicted molar refractivity (Wildman–Crippen MR) is 71.7 cm³/mol. The molecule has 0 spiro atoms. The van der Waals surface area contributed by atoms with E-state index in [1.165, 1.54) is 13.5 Å². The van der Waals surface area contributed by atoms with Crippen LogP contribution in [-0.2, 0) is 19.1 Å². The Hall–Kier alpha value is -1.10. The smallest absolute Gasteiger partial charge is 0.307 e. The van der Waals surface area contributed by atoms with Crippen LogP contribution < -0.4 is 0 Å². The summed E-state index contributed by atoms with van der Waals surface area (Å²) >= 11 is 0. The summed E-state index contributed by atoms with van der Waals surface area (Å²) in [5.74, 6) is -0.178. The van der Waals surface area contributed by atoms with Crippen LogP contribution in [0.4, 0.5) is 0 Å². The second-order valence-corrected chi connectivity index (χ2v) is 4.83. The number of ether oxygens (including phenoxy) is 2. The summed E-state index contributed by atoms with van der Waals surface area (Å²) in [6, 6.07) is 0. The Balaban J connectivity index is 2.26. The van der Waals surface area contributed by atoms with Crippen molar-refractivity contribution in [3.63, 3.8) is 0 Å². The van der Waals surface area contributed by atoms with Gasteiger partial charge in [0.2, 0.25) is 5.91 Å². The van der Waals surface area contributed by atoms with Crippen LogP contribution in [0.1, 0.15) is 45.4 Å². The number of carbonyl (C=O) groups excluding carboxylic acids is 2. The Bertz CT molecular complexity index is 287. The Kier molecular flexibility index (Phi) is 7.48. The molecule has 0 radical (unpaired) electrons. The highest BCUT2D eigenvalue weighted by atomic mass is 16.5. The molecular formula is C14H25NO4. The average Bonchev–Trinajstić information content (AvgIpc) is 2.46. The molecule has 1 atom stereocenters. The van der Waals surface area contributed by atoms with E-state index in [4.69, 9.17) is 4.74 Å². The first-order chi connectivity index (χ1) is 9.17. The van der Waals surface area contributed by atoms with Crippen molar-refractivity contribution in [2.24, 2.45) is 0 Å². The van der Waals surface area contributed by atoms with Gasteiger partial charge in [-0.25, -0.2) is 0 Å². The van der Waals surface area contributed by atoms with E-state index in [1.54, 1.807) is 4.90 Å². The lowest BCUT2D eigenvalue weighted by Gasteiger charge is -2.24. The lowest BCUT2D eigenvalue weighted by Crippen LogP contribution is -2.33. The van der Waals surface area contributed by atoms with E-state index in [2.05, 4.69) is 4.74 Å². The molecule has 1 saturated heterocycles. The third kappa shape index (κ3) is 6.05. The molecule has 1 amide bonds. The van der Waals surface area contributed by atoms with E-state index < -0.39 is 0 Å². The maximum absolute atomic E-state index is 12.0. The van der Waals surface area contributed by atoms with E-state index in [-0.39, 0.29) is 24.4 Å². The van der Waals surface area contributed by atoms with Crippen LogP contribution in [0, 0.1) is 0 Å². The first-order valence-corrected chi connectivity index (χ1v) is 7.13. The van der Waals surface area contributed by atoms with E-state index in [9.17, 15) is 9.59 Å². The zero-order chi connectivity index (χ0) is 14.1. The normalized spacial score (nSPS) is 18.9. The molecule has 0 saturated carbocycles. The monoisotopic (exact) mass is 271 g/mol. The van der Waals surface area contributed by atoms with Crippen molar-refractivity contribution in [3.8, 4) is 0 Å². The first kappa shape index (κ1) is 16.0. The molecule has 0 bridgehead atoms. The van der Waals surface area contributed by atoms with E-state index in [0.717, 1.165) is 25.9 Å². The summed E-state index contributed by atoms with van der Waals surface area (Å²) in [6.07, 6.45) is 5.16. The Morgan fingerprint density at radius 3 is 2.68 bits per heavy atom. The fraction of sp³-hybridized carbons (Fsp3) is 0.857. The lowest BCUT2D eigenvalue weighted by molar-refractivity contribution is -0.141. The first-order valence-electron chi connectivity index (χ1n) is 7.13. The molecule has 1 fully saturated rings. The molecule has 0 aliphatic carbocycles. The van der Waals surface area contributed by atoms with Gasteiger partial charge >= 0.3 is 5.97 Å². The molecule has 5 heteroatoms. The van der Waals surface area contributed by atoms with Crippen molar-refractivity contribution in [1.29, 1.82) is 0 Å². The van der Waals surface area contributed by atoms with Gasteiger partial charge in [0.15, 0.2) is 0 Å². The topological polar surface area (TPSA) is 55.8 Å². The molecule has 19 heavy (non-hydrogen) atoms. The van der Waals surface area contributed by atoms with Crippen molar-refractivity contribution >= 4 is 11.9 Å². The SMILES string of the molecule is CCN(CCC(=O)OC)C(=O)CCC1CCCCO1. The molecule has 5 nitrogen and oxygen atoms in total. The van der Waals surface area contributed by atoms with Gasteiger partial charge < -0.3 is 14.4 Å². The van der Waals surface area contributed by atoms with Crippen molar-refractivity contribution in [2.45, 2.75) is 51.6 Å². The minimum atomic E-state index is -0.276. The van der Waals surface area contributed by atoms with Gasteiger partial charge in [-0.3, -0.25) is 9.59 Å². The van der Waals surface area contributed by atoms with Gasteiger partial charge in [0.1, 0.15) is 0 Å². The van der Waals surface area contributed by atoms with Gasteiger partial charge in [0, 0.05) is 26.1 Å². The fourth-order valence-corrected chi connectivity index (χ4v) is 2.27. The molecule has 1 aliphatic heterocycles. The Morgan fingerprint density at radius 1 is 1.32 bits per heavy atom. The minimum Gasteiger partial charge on any atom is -0.469 e. The molecule has 1 heterocycles. The lowest BCUT2D eigenvalue weighted by atomic mass is 10.0. The van der Waals surface area contributed by atoms with Crippen LogP contribution in [0.3, 0.4) is 0 Å². The molecule has 1 unspecified atom stereocenters. The molecule has 110 valence electrons. The van der Waals surface area contributed by atoms with Gasteiger partial charge in [-0.05, 0) is 32.6 Å². The largest absolute Gasteiger partial charge is 0.469 e. The van der Waals surface area contributed by atoms with Crippen molar-refractivity contribution in [3.05, 3.63) is 0 Å². The Morgan fingerprint density at radius 2 is 2.11 bits per heavy atom. The quantitative estimate of drug-likeness (QED) is 0.662. The van der Waals surface area contributed by atoms with Crippen LogP contribution in [0.15, 0.2) is 0 Å². The van der Waals surface area contributed by atoms with Crippen LogP contribution in [0.2, 0.25) is 0 Å². The predicted octanol–water partition coefficient (Wildman–Crippen LogP) is 1.75. The van der Waals surface area contributed by atoms with E-state index in [0.29, 0.717) is 19.5 Å². The van der Waals surface area contributed by atoms with Gasteiger partial charge in [0.25, 0.3) is 0 Å². The second kappa shape index (κ2) is 8.91. The number of hydrogen-bond acceptors (Lipinski definition) is 4. The van der Waals surface area contributed by atoms with Crippen LogP contribution in [0.5, 0.6) is 0 Å². The molecule has 0 N–H and O–H groups in total. The summed E-state index contributed by atoms with van der Waals surface area (Å²) in [6.45, 7) is 3.81. The maximum Gasteiger partial charge on any atom is 0.307 e. The summed E-state index contributed by atoms with van der Waals surface area (Å²) < 4.78 is 10.2. The number of esters is 1. The second-order valence-electron chi connectivity index (χ2n) is 4.83. The zero-order valence-electron chi connectivity index (χ0n) is 12.0. The maximum atomic E-state index is 12.0. The number of carbonyl (C=O) groups is 2. The molecular weight excluding hydrogens is 246 g/mol. The van der Waals surface area contributed by atoms with Crippen molar-refractivity contribution in [2.75, 3.05) is 26.8 Å². The van der Waals surface area contributed by atoms with Crippen LogP contribution >= 0.6 is 0 Å². The Labute approximate surface area is 115 Å². The van der Waals surface area contributed by atoms with Crippen molar-refractivity contribution in [1.82, 2.24) is 4.90 Å². The van der Waals surface area contributed by atoms with Crippen molar-refractivity contribution < 1.29 is 19.1 Å². The summed E-state index contributed by atoms with van der Waals surface area (Å²) in [5.41, 5.74) is 0. The number of amides is 1. The van der Waals surface area contributed by atoms with Gasteiger partial charge in [-0.1, -0.05) is 0 Å². The van der Waals surface area contributed by atoms with Gasteiger partial charge in [-0.15, -0.1) is 0 Å². The summed E-state index contributed by atoms with van der Waals surface area (Å²) in [5, 5.41) is 0. The van der Waals surface area contributed by atoms with Gasteiger partial charge in [0.05, 0.1) is 19.6 Å². The summed E-state index contributed by atoms with van der Waals surface area (Å²) in [4.78, 5) is 24.8. The molecule has 0 aromatic carbocycles. The average molecular weight is 271 g/mol. The van der Waals surface area contributed by atoms with Crippen LogP contribution in [-0.4, -0.2) is 49.7 Å². The highest BCUT2D eigenvalue weighted by Gasteiger charge is 2.18. The van der Waals surface area contributed by atoms with E-state index >= 15 is 0 Å². The number of hydrogen-bond donors (Lipinski definition) is 0. The van der Waals surface area contributed by atoms with Gasteiger partial charge in [-0.2, -0.15) is 0 Å². The highest BCUT2D eigenvalue weighted by Crippen LogP contribution is 2.17. The van der Waals surface area contributed by atoms with Crippen LogP contribution in [0.25, 0.3) is 0 Å². The standard InChI is InChI=1S/C14H25NO4/c1-3-15(10-9-14(17)18-2)13(16)8-7-12-6-4-5-11-19-12/h12H,3-11H2,1-2H3. The third-order valence-electron chi connectivity index (χ3n) is 3.50. The highest BCUT2D eigenvalue weighted by molar-refractivity contribution is 5.77. The summed E-state index contributed by atoms with van der Waals surface area (Å²) in [7, 11) is 1.36. The molecule has 1 rings (SSSR count). The zero-order valence-corrected chi connectivity index (χ0v) is 12.0. The number of rotatable bonds is 7. The number of nitrogens with zero attached hydrogens (tertiary/aromatic N) is 1. The molecule has 0 aromatic rings. The number of methoxy groups -OCH3 is 1. The van der Waals surface area contributed by atoms with E-state index in [1.807, 2.05) is 6.92 Å². The third-order valence-corrected chi connectivity index (χ3v) is 3.50. The molecule has 0 aromatic heterocycles.